The van der Waals surface area contributed by atoms with E-state index in [2.05, 4.69) is 68.9 Å². The average Bonchev–Trinajstić information content (AvgIpc) is 2.53. The number of rotatable bonds is 9. The van der Waals surface area contributed by atoms with Gasteiger partial charge in [-0.15, -0.1) is 0 Å². The maximum Gasteiger partial charge on any atom is 0.0323 e. The summed E-state index contributed by atoms with van der Waals surface area (Å²) in [5.41, 5.74) is 7.12. The first kappa shape index (κ1) is 22.4. The van der Waals surface area contributed by atoms with Crippen molar-refractivity contribution >= 4 is 11.9 Å². The summed E-state index contributed by atoms with van der Waals surface area (Å²) >= 11 is 1.71. The second kappa shape index (κ2) is 12.8. The van der Waals surface area contributed by atoms with Gasteiger partial charge in [-0.25, -0.2) is 0 Å². The fourth-order valence-corrected chi connectivity index (χ4v) is 2.95. The second-order valence-electron chi connectivity index (χ2n) is 6.38. The van der Waals surface area contributed by atoms with Crippen molar-refractivity contribution in [3.8, 4) is 0 Å². The Labute approximate surface area is 148 Å². The fraction of sp³-hybridized carbons (Fsp3) is 0.684. The van der Waals surface area contributed by atoms with Crippen molar-refractivity contribution in [1.29, 1.82) is 0 Å². The Hall–Kier alpha value is -0.550. The van der Waals surface area contributed by atoms with Gasteiger partial charge in [-0.3, -0.25) is 4.72 Å². The Kier molecular flexibility index (Phi) is 12.5. The molecule has 0 heterocycles. The van der Waals surface area contributed by atoms with E-state index in [-0.39, 0.29) is 0 Å². The Morgan fingerprint density at radius 3 is 1.91 bits per heavy atom. The Balaban J connectivity index is 0.00000232. The molecular formula is C19H37N3S. The fourth-order valence-electron chi connectivity index (χ4n) is 2.03. The van der Waals surface area contributed by atoms with Crippen molar-refractivity contribution in [2.45, 2.75) is 65.4 Å². The summed E-state index contributed by atoms with van der Waals surface area (Å²) < 4.78 is 3.59. The van der Waals surface area contributed by atoms with Crippen LogP contribution in [0.15, 0.2) is 29.2 Å². The lowest BCUT2D eigenvalue weighted by Crippen LogP contribution is -2.47. The molecule has 2 atom stereocenters. The molecule has 0 aliphatic rings. The van der Waals surface area contributed by atoms with Crippen molar-refractivity contribution in [3.63, 3.8) is 0 Å². The predicted octanol–water partition coefficient (Wildman–Crippen LogP) is 4.22. The molecule has 0 aliphatic carbocycles. The van der Waals surface area contributed by atoms with Crippen LogP contribution >= 0.6 is 11.9 Å². The van der Waals surface area contributed by atoms with Gasteiger partial charge >= 0.3 is 0 Å². The highest BCUT2D eigenvalue weighted by atomic mass is 32.2. The smallest absolute Gasteiger partial charge is 0.0323 e. The summed E-state index contributed by atoms with van der Waals surface area (Å²) in [4.78, 5) is 1.26. The molecule has 0 amide bonds. The topological polar surface area (TPSA) is 50.1 Å². The molecule has 0 saturated heterocycles. The van der Waals surface area contributed by atoms with Gasteiger partial charge in [-0.05, 0) is 42.8 Å². The lowest BCUT2D eigenvalue weighted by molar-refractivity contribution is 0.358. The molecule has 2 unspecified atom stereocenters. The molecule has 4 N–H and O–H groups in total. The van der Waals surface area contributed by atoms with E-state index in [0.717, 1.165) is 6.54 Å². The zero-order valence-corrected chi connectivity index (χ0v) is 16.8. The minimum absolute atomic E-state index is 0.387. The van der Waals surface area contributed by atoms with E-state index < -0.39 is 0 Å². The van der Waals surface area contributed by atoms with Crippen LogP contribution in [-0.4, -0.2) is 25.2 Å². The molecule has 0 fully saturated rings. The van der Waals surface area contributed by atoms with Gasteiger partial charge in [0.15, 0.2) is 0 Å². The molecule has 1 aromatic rings. The van der Waals surface area contributed by atoms with Crippen molar-refractivity contribution in [1.82, 2.24) is 10.0 Å². The average molecular weight is 340 g/mol. The zero-order chi connectivity index (χ0) is 17.8. The summed E-state index contributed by atoms with van der Waals surface area (Å²) in [5.74, 6) is 1.13. The standard InChI is InChI=1S/C17H31N3S.C2H6/c1-12(2)16(10-18)19-11-17(13(3)4)20-21-15-8-6-14(5)7-9-15;1-2/h6-9,12-13,16-17,19-20H,10-11,18H2,1-5H3;1-2H3. The molecule has 4 heteroatoms. The van der Waals surface area contributed by atoms with Crippen LogP contribution in [0.1, 0.15) is 47.1 Å². The van der Waals surface area contributed by atoms with E-state index in [1.165, 1.54) is 10.5 Å². The molecule has 134 valence electrons. The summed E-state index contributed by atoms with van der Waals surface area (Å²) in [6, 6.07) is 9.43. The molecule has 0 saturated carbocycles. The van der Waals surface area contributed by atoms with Gasteiger partial charge in [-0.2, -0.15) is 0 Å². The third-order valence-electron chi connectivity index (χ3n) is 3.81. The van der Waals surface area contributed by atoms with Crippen LogP contribution in [0.3, 0.4) is 0 Å². The molecule has 0 bridgehead atoms. The Morgan fingerprint density at radius 2 is 1.48 bits per heavy atom. The third kappa shape index (κ3) is 9.36. The van der Waals surface area contributed by atoms with Gasteiger partial charge < -0.3 is 11.1 Å². The molecule has 23 heavy (non-hydrogen) atoms. The largest absolute Gasteiger partial charge is 0.329 e. The van der Waals surface area contributed by atoms with Gasteiger partial charge in [0.25, 0.3) is 0 Å². The highest BCUT2D eigenvalue weighted by molar-refractivity contribution is 7.97. The van der Waals surface area contributed by atoms with Crippen molar-refractivity contribution in [2.24, 2.45) is 17.6 Å². The first-order valence-electron chi connectivity index (χ1n) is 8.86. The van der Waals surface area contributed by atoms with Crippen LogP contribution in [0.25, 0.3) is 0 Å². The SMILES string of the molecule is CC.Cc1ccc(SNC(CNC(CN)C(C)C)C(C)C)cc1. The third-order valence-corrected chi connectivity index (χ3v) is 4.74. The van der Waals surface area contributed by atoms with E-state index in [9.17, 15) is 0 Å². The molecular weight excluding hydrogens is 302 g/mol. The van der Waals surface area contributed by atoms with Crippen LogP contribution in [0.5, 0.6) is 0 Å². The van der Waals surface area contributed by atoms with Gasteiger partial charge in [0.05, 0.1) is 0 Å². The minimum Gasteiger partial charge on any atom is -0.329 e. The van der Waals surface area contributed by atoms with Crippen LogP contribution < -0.4 is 15.8 Å². The van der Waals surface area contributed by atoms with E-state index in [1.54, 1.807) is 11.9 Å². The lowest BCUT2D eigenvalue weighted by atomic mass is 10.0. The van der Waals surface area contributed by atoms with Crippen molar-refractivity contribution in [3.05, 3.63) is 29.8 Å². The van der Waals surface area contributed by atoms with Gasteiger partial charge in [0, 0.05) is 30.1 Å². The van der Waals surface area contributed by atoms with E-state index in [0.29, 0.717) is 30.5 Å². The monoisotopic (exact) mass is 339 g/mol. The molecule has 1 aromatic carbocycles. The van der Waals surface area contributed by atoms with Crippen molar-refractivity contribution in [2.75, 3.05) is 13.1 Å². The molecule has 0 aliphatic heterocycles. The number of aryl methyl sites for hydroxylation is 1. The number of hydrogen-bond donors (Lipinski definition) is 3. The summed E-state index contributed by atoms with van der Waals surface area (Å²) in [6.45, 7) is 16.7. The predicted molar refractivity (Wildman–Crippen MR) is 106 cm³/mol. The maximum atomic E-state index is 5.83. The highest BCUT2D eigenvalue weighted by Crippen LogP contribution is 2.17. The molecule has 1 rings (SSSR count). The first-order valence-corrected chi connectivity index (χ1v) is 9.68. The maximum absolute atomic E-state index is 5.83. The molecule has 0 aromatic heterocycles. The van der Waals surface area contributed by atoms with Crippen LogP contribution in [0, 0.1) is 18.8 Å². The van der Waals surface area contributed by atoms with Gasteiger partial charge in [-0.1, -0.05) is 59.2 Å². The lowest BCUT2D eigenvalue weighted by Gasteiger charge is -2.27. The van der Waals surface area contributed by atoms with Crippen LogP contribution in [-0.2, 0) is 0 Å². The van der Waals surface area contributed by atoms with E-state index in [4.69, 9.17) is 5.73 Å². The minimum atomic E-state index is 0.387. The molecule has 3 nitrogen and oxygen atoms in total. The number of hydrogen-bond acceptors (Lipinski definition) is 4. The Morgan fingerprint density at radius 1 is 0.957 bits per heavy atom. The summed E-state index contributed by atoms with van der Waals surface area (Å²) in [6.07, 6.45) is 0. The molecule has 0 spiro atoms. The van der Waals surface area contributed by atoms with Gasteiger partial charge in [0.2, 0.25) is 0 Å². The number of nitrogens with two attached hydrogens (primary N) is 1. The zero-order valence-electron chi connectivity index (χ0n) is 16.0. The quantitative estimate of drug-likeness (QED) is 0.590. The second-order valence-corrected chi connectivity index (χ2v) is 7.29. The van der Waals surface area contributed by atoms with E-state index >= 15 is 0 Å². The normalized spacial score (nSPS) is 13.7. The van der Waals surface area contributed by atoms with Crippen molar-refractivity contribution < 1.29 is 0 Å². The summed E-state index contributed by atoms with van der Waals surface area (Å²) in [5, 5.41) is 3.59. The van der Waals surface area contributed by atoms with E-state index in [1.807, 2.05) is 13.8 Å². The molecule has 0 radical (unpaired) electrons. The van der Waals surface area contributed by atoms with Gasteiger partial charge in [0.1, 0.15) is 0 Å². The van der Waals surface area contributed by atoms with Crippen LogP contribution in [0.2, 0.25) is 0 Å². The summed E-state index contributed by atoms with van der Waals surface area (Å²) in [7, 11) is 0. The number of nitrogens with one attached hydrogen (secondary N) is 2. The highest BCUT2D eigenvalue weighted by Gasteiger charge is 2.17. The number of benzene rings is 1. The first-order chi connectivity index (χ1) is 10.9. The van der Waals surface area contributed by atoms with Crippen LogP contribution in [0.4, 0.5) is 0 Å². The Bertz CT molecular complexity index is 390.